The zero-order valence-electron chi connectivity index (χ0n) is 15.4. The fraction of sp³-hybridized carbons (Fsp3) is 0.0400. The zero-order chi connectivity index (χ0) is 18.7. The number of hydrogen-bond acceptors (Lipinski definition) is 2. The van der Waals surface area contributed by atoms with Gasteiger partial charge in [0.15, 0.2) is 0 Å². The topological polar surface area (TPSA) is 30.7 Å². The highest BCUT2D eigenvalue weighted by Crippen LogP contribution is 2.38. The summed E-state index contributed by atoms with van der Waals surface area (Å²) in [5.41, 5.74) is 5.37. The molecule has 2 heterocycles. The van der Waals surface area contributed by atoms with Crippen LogP contribution in [0.25, 0.3) is 54.7 Å². The van der Waals surface area contributed by atoms with Gasteiger partial charge < -0.3 is 4.57 Å². The normalized spacial score (nSPS) is 11.8. The lowest BCUT2D eigenvalue weighted by Crippen LogP contribution is -1.94. The van der Waals surface area contributed by atoms with Gasteiger partial charge in [-0.2, -0.15) is 0 Å². The van der Waals surface area contributed by atoms with Gasteiger partial charge in [0.2, 0.25) is 0 Å². The van der Waals surface area contributed by atoms with Crippen molar-refractivity contribution in [3.8, 4) is 11.3 Å². The predicted molar refractivity (Wildman–Crippen MR) is 116 cm³/mol. The lowest BCUT2D eigenvalue weighted by Gasteiger charge is -2.08. The number of hydrogen-bond donors (Lipinski definition) is 0. The van der Waals surface area contributed by atoms with E-state index in [9.17, 15) is 0 Å². The number of aromatic nitrogens is 3. The molecule has 2 aromatic heterocycles. The highest BCUT2D eigenvalue weighted by atomic mass is 15.0. The van der Waals surface area contributed by atoms with Crippen molar-refractivity contribution < 1.29 is 0 Å². The smallest absolute Gasteiger partial charge is 0.116 e. The van der Waals surface area contributed by atoms with Crippen LogP contribution in [0.15, 0.2) is 85.2 Å². The molecule has 0 bridgehead atoms. The third-order valence-corrected chi connectivity index (χ3v) is 5.71. The average molecular weight is 359 g/mol. The Morgan fingerprint density at radius 1 is 0.679 bits per heavy atom. The minimum Gasteiger partial charge on any atom is -0.340 e. The molecule has 0 amide bonds. The van der Waals surface area contributed by atoms with Crippen LogP contribution >= 0.6 is 0 Å². The monoisotopic (exact) mass is 359 g/mol. The highest BCUT2D eigenvalue weighted by Gasteiger charge is 2.18. The third-order valence-electron chi connectivity index (χ3n) is 5.71. The van der Waals surface area contributed by atoms with E-state index in [1.807, 2.05) is 0 Å². The Morgan fingerprint density at radius 3 is 2.25 bits per heavy atom. The molecule has 6 aromatic rings. The maximum absolute atomic E-state index is 4.73. The standard InChI is InChI=1S/C25H17N3/c1-28-21-14-13-17-8-3-5-11-19(17)22(21)24-25(28)23(26-15-27-24)20-12-6-9-16-7-2-4-10-18(16)20/h2-15H,1H3. The van der Waals surface area contributed by atoms with Crippen LogP contribution in [0.4, 0.5) is 0 Å². The summed E-state index contributed by atoms with van der Waals surface area (Å²) in [5.74, 6) is 0. The predicted octanol–water partition coefficient (Wildman–Crippen LogP) is 6.09. The summed E-state index contributed by atoms with van der Waals surface area (Å²) < 4.78 is 2.23. The maximum atomic E-state index is 4.73. The number of aryl methyl sites for hydroxylation is 1. The van der Waals surface area contributed by atoms with Crippen LogP contribution in [0, 0.1) is 0 Å². The van der Waals surface area contributed by atoms with Gasteiger partial charge in [-0.25, -0.2) is 9.97 Å². The van der Waals surface area contributed by atoms with E-state index in [1.54, 1.807) is 6.33 Å². The van der Waals surface area contributed by atoms with Crippen molar-refractivity contribution in [1.29, 1.82) is 0 Å². The largest absolute Gasteiger partial charge is 0.340 e. The molecule has 4 aromatic carbocycles. The number of nitrogens with zero attached hydrogens (tertiary/aromatic N) is 3. The zero-order valence-corrected chi connectivity index (χ0v) is 15.4. The fourth-order valence-corrected chi connectivity index (χ4v) is 4.42. The molecule has 132 valence electrons. The molecule has 3 heteroatoms. The van der Waals surface area contributed by atoms with Gasteiger partial charge in [-0.15, -0.1) is 0 Å². The van der Waals surface area contributed by atoms with Crippen molar-refractivity contribution in [2.75, 3.05) is 0 Å². The van der Waals surface area contributed by atoms with Gasteiger partial charge >= 0.3 is 0 Å². The van der Waals surface area contributed by atoms with E-state index < -0.39 is 0 Å². The molecule has 6 rings (SSSR count). The van der Waals surface area contributed by atoms with Crippen molar-refractivity contribution in [3.05, 3.63) is 85.2 Å². The Balaban J connectivity index is 1.82. The van der Waals surface area contributed by atoms with Crippen molar-refractivity contribution >= 4 is 43.5 Å². The minimum atomic E-state index is 0.976. The highest BCUT2D eigenvalue weighted by molar-refractivity contribution is 6.21. The van der Waals surface area contributed by atoms with E-state index in [0.717, 1.165) is 22.3 Å². The van der Waals surface area contributed by atoms with Crippen LogP contribution in [0.1, 0.15) is 0 Å². The van der Waals surface area contributed by atoms with Crippen LogP contribution < -0.4 is 0 Å². The van der Waals surface area contributed by atoms with Gasteiger partial charge in [-0.1, -0.05) is 72.8 Å². The van der Waals surface area contributed by atoms with E-state index in [2.05, 4.69) is 90.5 Å². The van der Waals surface area contributed by atoms with Crippen molar-refractivity contribution in [1.82, 2.24) is 14.5 Å². The van der Waals surface area contributed by atoms with Gasteiger partial charge in [0.05, 0.1) is 16.7 Å². The lowest BCUT2D eigenvalue weighted by molar-refractivity contribution is 1.01. The first-order valence-corrected chi connectivity index (χ1v) is 9.42. The SMILES string of the molecule is Cn1c2ccc3ccccc3c2c2ncnc(-c3cccc4ccccc34)c21. The molecule has 0 aliphatic carbocycles. The molecule has 0 fully saturated rings. The maximum Gasteiger partial charge on any atom is 0.116 e. The molecule has 3 nitrogen and oxygen atoms in total. The van der Waals surface area contributed by atoms with Crippen LogP contribution in [0.2, 0.25) is 0 Å². The molecular weight excluding hydrogens is 342 g/mol. The van der Waals surface area contributed by atoms with Crippen LogP contribution in [0.3, 0.4) is 0 Å². The summed E-state index contributed by atoms with van der Waals surface area (Å²) in [6.07, 6.45) is 1.70. The molecule has 0 saturated heterocycles. The third kappa shape index (κ3) is 1.99. The van der Waals surface area contributed by atoms with E-state index in [0.29, 0.717) is 0 Å². The Morgan fingerprint density at radius 2 is 1.39 bits per heavy atom. The lowest BCUT2D eigenvalue weighted by atomic mass is 10.0. The van der Waals surface area contributed by atoms with Crippen LogP contribution in [-0.2, 0) is 7.05 Å². The molecule has 0 unspecified atom stereocenters. The second kappa shape index (κ2) is 5.64. The quantitative estimate of drug-likeness (QED) is 0.355. The molecule has 0 aliphatic heterocycles. The van der Waals surface area contributed by atoms with Gasteiger partial charge in [0, 0.05) is 18.0 Å². The van der Waals surface area contributed by atoms with Crippen molar-refractivity contribution in [2.24, 2.45) is 7.05 Å². The van der Waals surface area contributed by atoms with E-state index in [1.165, 1.54) is 32.4 Å². The molecule has 0 atom stereocenters. The van der Waals surface area contributed by atoms with Gasteiger partial charge in [0.1, 0.15) is 11.8 Å². The van der Waals surface area contributed by atoms with Gasteiger partial charge in [-0.3, -0.25) is 0 Å². The Kier molecular flexibility index (Phi) is 3.09. The van der Waals surface area contributed by atoms with Gasteiger partial charge in [-0.05, 0) is 27.6 Å². The Bertz CT molecular complexity index is 1520. The minimum absolute atomic E-state index is 0.976. The summed E-state index contributed by atoms with van der Waals surface area (Å²) in [6, 6.07) is 27.7. The van der Waals surface area contributed by atoms with Crippen LogP contribution in [0.5, 0.6) is 0 Å². The summed E-state index contributed by atoms with van der Waals surface area (Å²) in [5, 5.41) is 6.08. The van der Waals surface area contributed by atoms with E-state index in [4.69, 9.17) is 9.97 Å². The van der Waals surface area contributed by atoms with Crippen LogP contribution in [-0.4, -0.2) is 14.5 Å². The molecule has 0 N–H and O–H groups in total. The molecular formula is C25H17N3. The molecule has 0 saturated carbocycles. The number of rotatable bonds is 1. The first-order chi connectivity index (χ1) is 13.8. The molecule has 0 spiro atoms. The average Bonchev–Trinajstić information content (AvgIpc) is 3.06. The van der Waals surface area contributed by atoms with Crippen molar-refractivity contribution in [3.63, 3.8) is 0 Å². The van der Waals surface area contributed by atoms with E-state index >= 15 is 0 Å². The molecule has 28 heavy (non-hydrogen) atoms. The summed E-state index contributed by atoms with van der Waals surface area (Å²) in [6.45, 7) is 0. The molecule has 0 radical (unpaired) electrons. The van der Waals surface area contributed by atoms with Gasteiger partial charge in [0.25, 0.3) is 0 Å². The Hall–Kier alpha value is -3.72. The first-order valence-electron chi connectivity index (χ1n) is 9.42. The number of fused-ring (bicyclic) bond motifs is 6. The first kappa shape index (κ1) is 15.3. The fourth-order valence-electron chi connectivity index (χ4n) is 4.42. The Labute approximate surface area is 161 Å². The summed E-state index contributed by atoms with van der Waals surface area (Å²) in [7, 11) is 2.11. The summed E-state index contributed by atoms with van der Waals surface area (Å²) >= 11 is 0. The second-order valence-electron chi connectivity index (χ2n) is 7.19. The number of benzene rings is 4. The van der Waals surface area contributed by atoms with E-state index in [-0.39, 0.29) is 0 Å². The van der Waals surface area contributed by atoms with Crippen molar-refractivity contribution in [2.45, 2.75) is 0 Å². The molecule has 0 aliphatic rings. The summed E-state index contributed by atoms with van der Waals surface area (Å²) in [4.78, 5) is 9.45. The second-order valence-corrected chi connectivity index (χ2v) is 7.19.